The Balaban J connectivity index is 1.75. The highest BCUT2D eigenvalue weighted by molar-refractivity contribution is 7.11. The molecule has 15 heteroatoms. The van der Waals surface area contributed by atoms with Crippen LogP contribution in [0.2, 0.25) is 0 Å². The van der Waals surface area contributed by atoms with Crippen LogP contribution >= 0.6 is 11.3 Å². The van der Waals surface area contributed by atoms with Crippen molar-refractivity contribution >= 4 is 40.9 Å². The second-order valence-electron chi connectivity index (χ2n) is 11.0. The van der Waals surface area contributed by atoms with E-state index in [0.717, 1.165) is 11.3 Å². The number of benzene rings is 1. The number of guanidine groups is 1. The molecule has 0 bridgehead atoms. The zero-order chi connectivity index (χ0) is 33.6. The second kappa shape index (κ2) is 17.5. The van der Waals surface area contributed by atoms with Crippen molar-refractivity contribution in [3.8, 4) is 0 Å². The molecule has 13 nitrogen and oxygen atoms in total. The van der Waals surface area contributed by atoms with E-state index in [1.165, 1.54) is 18.3 Å². The lowest BCUT2D eigenvalue weighted by atomic mass is 10.00. The van der Waals surface area contributed by atoms with Crippen LogP contribution in [-0.4, -0.2) is 64.2 Å². The summed E-state index contributed by atoms with van der Waals surface area (Å²) in [5, 5.41) is 12.9. The van der Waals surface area contributed by atoms with Gasteiger partial charge >= 0.3 is 6.03 Å². The summed E-state index contributed by atoms with van der Waals surface area (Å²) >= 11 is 1.15. The Morgan fingerprint density at radius 3 is 2.28 bits per heavy atom. The summed E-state index contributed by atoms with van der Waals surface area (Å²) in [5.41, 5.74) is 12.1. The highest BCUT2D eigenvalue weighted by Crippen LogP contribution is 2.14. The number of rotatable bonds is 16. The van der Waals surface area contributed by atoms with Gasteiger partial charge in [0.15, 0.2) is 11.0 Å². The van der Waals surface area contributed by atoms with E-state index in [2.05, 4.69) is 36.2 Å². The van der Waals surface area contributed by atoms with Crippen molar-refractivity contribution in [3.05, 3.63) is 82.3 Å². The monoisotopic (exact) mass is 653 g/mol. The maximum atomic E-state index is 13.7. The average molecular weight is 654 g/mol. The van der Waals surface area contributed by atoms with E-state index < -0.39 is 47.8 Å². The van der Waals surface area contributed by atoms with Crippen molar-refractivity contribution in [2.45, 2.75) is 64.2 Å². The van der Waals surface area contributed by atoms with Crippen LogP contribution in [0.15, 0.2) is 65.4 Å². The molecule has 8 N–H and O–H groups in total. The number of aliphatic imine (C=N–C) groups is 1. The number of nitrogens with zero attached hydrogens (tertiary/aromatic N) is 3. The van der Waals surface area contributed by atoms with Crippen molar-refractivity contribution in [2.24, 2.45) is 22.4 Å². The molecule has 4 atom stereocenters. The van der Waals surface area contributed by atoms with Gasteiger partial charge in [-0.2, -0.15) is 0 Å². The Bertz CT molecular complexity index is 1470. The largest absolute Gasteiger partial charge is 0.370 e. The average Bonchev–Trinajstić information content (AvgIpc) is 3.56. The van der Waals surface area contributed by atoms with Crippen LogP contribution < -0.4 is 32.7 Å². The van der Waals surface area contributed by atoms with Crippen molar-refractivity contribution in [3.63, 3.8) is 0 Å². The Morgan fingerprint density at radius 1 is 0.935 bits per heavy atom. The van der Waals surface area contributed by atoms with E-state index in [4.69, 9.17) is 11.5 Å². The molecule has 0 fully saturated rings. The molecule has 246 valence electrons. The van der Waals surface area contributed by atoms with Gasteiger partial charge in [0.25, 0.3) is 0 Å². The molecule has 0 aliphatic rings. The summed E-state index contributed by atoms with van der Waals surface area (Å²) in [6, 6.07) is 4.96. The Kier molecular flexibility index (Phi) is 13.6. The van der Waals surface area contributed by atoms with Gasteiger partial charge in [0, 0.05) is 36.9 Å². The number of carbonyl (C=O) groups is 4. The fraction of sp³-hybridized carbons (Fsp3) is 0.387. The van der Waals surface area contributed by atoms with Crippen molar-refractivity contribution in [1.29, 1.82) is 0 Å². The van der Waals surface area contributed by atoms with Crippen molar-refractivity contribution in [1.82, 2.24) is 31.2 Å². The first-order valence-electron chi connectivity index (χ1n) is 14.8. The van der Waals surface area contributed by atoms with Gasteiger partial charge in [-0.15, -0.1) is 11.3 Å². The molecule has 0 radical (unpaired) electrons. The minimum atomic E-state index is -1.09. The molecule has 1 aromatic carbocycles. The van der Waals surface area contributed by atoms with Gasteiger partial charge in [-0.3, -0.25) is 24.4 Å². The fourth-order valence-corrected chi connectivity index (χ4v) is 5.14. The lowest BCUT2D eigenvalue weighted by Gasteiger charge is -2.27. The SMILES string of the molecule is CC(C)[C@H](NC(=O)[C@H](Cc1cccnc1)NC(=O)N[C@@H](C)c1ccc(F)cc1)C(=O)N[C@@H](CCCN=C(N)N)C(=O)c1nccs1. The number of halogens is 1. The number of thiazole rings is 1. The number of ketones is 1. The molecule has 2 aromatic heterocycles. The Morgan fingerprint density at radius 2 is 1.67 bits per heavy atom. The minimum Gasteiger partial charge on any atom is -0.370 e. The van der Waals surface area contributed by atoms with Gasteiger partial charge in [-0.05, 0) is 55.0 Å². The first-order chi connectivity index (χ1) is 21.9. The summed E-state index contributed by atoms with van der Waals surface area (Å²) in [6.45, 7) is 5.49. The lowest BCUT2D eigenvalue weighted by Crippen LogP contribution is -2.58. The number of urea groups is 1. The molecule has 4 amide bonds. The molecule has 0 aliphatic carbocycles. The predicted octanol–water partition coefficient (Wildman–Crippen LogP) is 2.21. The molecule has 0 aliphatic heterocycles. The maximum Gasteiger partial charge on any atom is 0.315 e. The second-order valence-corrected chi connectivity index (χ2v) is 11.8. The van der Waals surface area contributed by atoms with Crippen LogP contribution in [0, 0.1) is 11.7 Å². The lowest BCUT2D eigenvalue weighted by molar-refractivity contribution is -0.131. The third kappa shape index (κ3) is 11.2. The molecule has 3 rings (SSSR count). The summed E-state index contributed by atoms with van der Waals surface area (Å²) in [6.07, 6.45) is 5.38. The van der Waals surface area contributed by atoms with Crippen LogP contribution in [0.1, 0.15) is 60.6 Å². The van der Waals surface area contributed by atoms with Gasteiger partial charge in [-0.1, -0.05) is 32.0 Å². The molecule has 3 aromatic rings. The fourth-order valence-electron chi connectivity index (χ4n) is 4.51. The number of Topliss-reactive ketones (excluding diaryl/α,β-unsaturated/α-hetero) is 1. The van der Waals surface area contributed by atoms with Crippen LogP contribution in [0.5, 0.6) is 0 Å². The number of nitrogens with one attached hydrogen (secondary N) is 4. The van der Waals surface area contributed by atoms with Gasteiger partial charge in [-0.25, -0.2) is 14.2 Å². The first kappa shape index (κ1) is 35.6. The van der Waals surface area contributed by atoms with Gasteiger partial charge in [0.05, 0.1) is 12.1 Å². The van der Waals surface area contributed by atoms with Crippen LogP contribution in [0.4, 0.5) is 9.18 Å². The standard InChI is InChI=1S/C31H40FN9O4S/c1-18(2)25(28(44)39-23(7-5-13-37-30(33)34)26(42)29-36-14-15-46-29)41-27(43)24(16-20-6-4-12-35-17-20)40-31(45)38-19(3)21-8-10-22(32)11-9-21/h4,6,8-12,14-15,17-19,23-25H,5,7,13,16H2,1-3H3,(H,39,44)(H,41,43)(H4,33,34,37)(H2,38,40,45)/t19-,23-,24-,25-/m0/s1. The van der Waals surface area contributed by atoms with E-state index >= 15 is 0 Å². The Hall–Kier alpha value is -4.92. The number of amides is 4. The van der Waals surface area contributed by atoms with E-state index in [-0.39, 0.29) is 42.1 Å². The minimum absolute atomic E-state index is 0.0811. The van der Waals surface area contributed by atoms with E-state index in [1.54, 1.807) is 62.8 Å². The van der Waals surface area contributed by atoms with Crippen molar-refractivity contribution < 1.29 is 23.6 Å². The zero-order valence-electron chi connectivity index (χ0n) is 25.9. The third-order valence-corrected chi connectivity index (χ3v) is 7.76. The van der Waals surface area contributed by atoms with Gasteiger partial charge in [0.2, 0.25) is 17.6 Å². The summed E-state index contributed by atoms with van der Waals surface area (Å²) in [5.74, 6) is -2.42. The number of hydrogen-bond donors (Lipinski definition) is 6. The number of hydrogen-bond acceptors (Lipinski definition) is 8. The van der Waals surface area contributed by atoms with E-state index in [1.807, 2.05) is 0 Å². The third-order valence-electron chi connectivity index (χ3n) is 6.97. The van der Waals surface area contributed by atoms with Crippen LogP contribution in [0.3, 0.4) is 0 Å². The van der Waals surface area contributed by atoms with E-state index in [9.17, 15) is 23.6 Å². The van der Waals surface area contributed by atoms with Crippen molar-refractivity contribution in [2.75, 3.05) is 6.54 Å². The quantitative estimate of drug-likeness (QED) is 0.0583. The zero-order valence-corrected chi connectivity index (χ0v) is 26.7. The molecular formula is C31H40FN9O4S. The highest BCUT2D eigenvalue weighted by Gasteiger charge is 2.32. The molecule has 0 saturated carbocycles. The molecule has 0 unspecified atom stereocenters. The van der Waals surface area contributed by atoms with Gasteiger partial charge < -0.3 is 32.7 Å². The number of aromatic nitrogens is 2. The summed E-state index contributed by atoms with van der Waals surface area (Å²) < 4.78 is 13.4. The van der Waals surface area contributed by atoms with Crippen LogP contribution in [-0.2, 0) is 16.0 Å². The predicted molar refractivity (Wildman–Crippen MR) is 173 cm³/mol. The van der Waals surface area contributed by atoms with E-state index in [0.29, 0.717) is 17.5 Å². The maximum absolute atomic E-state index is 13.7. The number of pyridine rings is 1. The molecule has 0 spiro atoms. The molecule has 46 heavy (non-hydrogen) atoms. The highest BCUT2D eigenvalue weighted by atomic mass is 32.1. The Labute approximate surface area is 270 Å². The van der Waals surface area contributed by atoms with Gasteiger partial charge in [0.1, 0.15) is 17.9 Å². The number of carbonyl (C=O) groups excluding carboxylic acids is 4. The summed E-state index contributed by atoms with van der Waals surface area (Å²) in [7, 11) is 0. The first-order valence-corrected chi connectivity index (χ1v) is 15.6. The smallest absolute Gasteiger partial charge is 0.315 e. The normalized spacial score (nSPS) is 13.5. The topological polar surface area (TPSA) is 207 Å². The molecular weight excluding hydrogens is 613 g/mol. The molecule has 2 heterocycles. The number of nitrogens with two attached hydrogens (primary N) is 2. The van der Waals surface area contributed by atoms with Crippen LogP contribution in [0.25, 0.3) is 0 Å². The molecule has 0 saturated heterocycles. The summed E-state index contributed by atoms with van der Waals surface area (Å²) in [4.78, 5) is 65.6.